The van der Waals surface area contributed by atoms with Crippen molar-refractivity contribution in [3.8, 4) is 5.75 Å². The van der Waals surface area contributed by atoms with Crippen molar-refractivity contribution >= 4 is 17.3 Å². The summed E-state index contributed by atoms with van der Waals surface area (Å²) in [5.74, 6) is 1.62. The van der Waals surface area contributed by atoms with Gasteiger partial charge in [0.15, 0.2) is 0 Å². The summed E-state index contributed by atoms with van der Waals surface area (Å²) in [6.07, 6.45) is 2.80. The second kappa shape index (κ2) is 13.3. The average Bonchev–Trinajstić information content (AvgIpc) is 2.74. The van der Waals surface area contributed by atoms with Crippen LogP contribution in [-0.4, -0.2) is 63.5 Å². The third-order valence-electron chi connectivity index (χ3n) is 5.37. The molecule has 2 aliphatic heterocycles. The van der Waals surface area contributed by atoms with Crippen LogP contribution in [0.15, 0.2) is 12.1 Å². The molecule has 6 nitrogen and oxygen atoms in total. The summed E-state index contributed by atoms with van der Waals surface area (Å²) in [6.45, 7) is 14.4. The first-order chi connectivity index (χ1) is 14.2. The lowest BCUT2D eigenvalue weighted by atomic mass is 9.97. The summed E-state index contributed by atoms with van der Waals surface area (Å²) in [6, 6.07) is 3.70. The van der Waals surface area contributed by atoms with E-state index in [0.717, 1.165) is 56.6 Å². The first-order valence-electron chi connectivity index (χ1n) is 11.1. The Bertz CT molecular complexity index is 596. The van der Waals surface area contributed by atoms with E-state index in [1.807, 2.05) is 26.8 Å². The minimum absolute atomic E-state index is 0.222. The number of piperidine rings is 1. The smallest absolute Gasteiger partial charge is 0.125 e. The molecule has 7 heteroatoms. The minimum Gasteiger partial charge on any atom is -0.493 e. The molecule has 0 bridgehead atoms. The van der Waals surface area contributed by atoms with Crippen LogP contribution in [-0.2, 0) is 11.3 Å². The SMILES string of the molecule is CC.CCOc1cc(N)c(Cl)cc1CNCC1CN(CC2CCNCC2)CCO1. The maximum absolute atomic E-state index is 6.18. The van der Waals surface area contributed by atoms with Crippen molar-refractivity contribution in [1.82, 2.24) is 15.5 Å². The number of rotatable bonds is 8. The fraction of sp³-hybridized carbons (Fsp3) is 0.727. The quantitative estimate of drug-likeness (QED) is 0.554. The van der Waals surface area contributed by atoms with Crippen molar-refractivity contribution in [2.45, 2.75) is 46.3 Å². The second-order valence-corrected chi connectivity index (χ2v) is 7.90. The van der Waals surface area contributed by atoms with Gasteiger partial charge in [-0.2, -0.15) is 0 Å². The summed E-state index contributed by atoms with van der Waals surface area (Å²) in [5.41, 5.74) is 7.47. The zero-order chi connectivity index (χ0) is 21.1. The van der Waals surface area contributed by atoms with Gasteiger partial charge in [-0.15, -0.1) is 0 Å². The molecule has 0 radical (unpaired) electrons. The maximum atomic E-state index is 6.18. The van der Waals surface area contributed by atoms with Crippen molar-refractivity contribution in [2.75, 3.05) is 58.2 Å². The molecule has 0 amide bonds. The largest absolute Gasteiger partial charge is 0.493 e. The van der Waals surface area contributed by atoms with Gasteiger partial charge in [-0.25, -0.2) is 0 Å². The lowest BCUT2D eigenvalue weighted by Crippen LogP contribution is -2.48. The Morgan fingerprint density at radius 1 is 1.31 bits per heavy atom. The fourth-order valence-electron chi connectivity index (χ4n) is 3.91. The van der Waals surface area contributed by atoms with E-state index in [0.29, 0.717) is 23.9 Å². The van der Waals surface area contributed by atoms with Crippen molar-refractivity contribution in [1.29, 1.82) is 0 Å². The number of nitrogens with zero attached hydrogens (tertiary/aromatic N) is 1. The van der Waals surface area contributed by atoms with E-state index in [-0.39, 0.29) is 6.10 Å². The van der Waals surface area contributed by atoms with Gasteiger partial charge in [-0.1, -0.05) is 25.4 Å². The van der Waals surface area contributed by atoms with Crippen molar-refractivity contribution < 1.29 is 9.47 Å². The first-order valence-corrected chi connectivity index (χ1v) is 11.5. The first kappa shape index (κ1) is 24.2. The Hall–Kier alpha value is -1.05. The van der Waals surface area contributed by atoms with Gasteiger partial charge in [-0.05, 0) is 44.8 Å². The zero-order valence-electron chi connectivity index (χ0n) is 18.3. The predicted octanol–water partition coefficient (Wildman–Crippen LogP) is 3.14. The third-order valence-corrected chi connectivity index (χ3v) is 5.69. The number of morpholine rings is 1. The molecule has 0 aliphatic carbocycles. The molecular formula is C22H39ClN4O2. The molecule has 166 valence electrons. The molecule has 0 spiro atoms. The molecule has 1 aromatic carbocycles. The van der Waals surface area contributed by atoms with E-state index in [1.165, 1.54) is 19.4 Å². The standard InChI is InChI=1S/C20H33ClN4O2.C2H6/c1-2-26-20-10-19(22)18(21)9-16(20)11-24-12-17-14-25(7-8-27-17)13-15-3-5-23-6-4-15;1-2/h9-10,15,17,23-24H,2-8,11-14,22H2,1H3;1-2H3. The Labute approximate surface area is 181 Å². The Balaban J connectivity index is 0.00000145. The van der Waals surface area contributed by atoms with E-state index < -0.39 is 0 Å². The van der Waals surface area contributed by atoms with Gasteiger partial charge in [0.25, 0.3) is 0 Å². The minimum atomic E-state index is 0.222. The van der Waals surface area contributed by atoms with Crippen molar-refractivity contribution in [3.05, 3.63) is 22.7 Å². The maximum Gasteiger partial charge on any atom is 0.125 e. The normalized spacial score (nSPS) is 20.8. The molecule has 1 aromatic rings. The molecule has 1 unspecified atom stereocenters. The number of hydrogen-bond acceptors (Lipinski definition) is 6. The summed E-state index contributed by atoms with van der Waals surface area (Å²) in [5, 5.41) is 7.51. The molecule has 2 saturated heterocycles. The lowest BCUT2D eigenvalue weighted by Gasteiger charge is -2.36. The molecule has 4 N–H and O–H groups in total. The van der Waals surface area contributed by atoms with Crippen LogP contribution < -0.4 is 21.1 Å². The molecule has 0 saturated carbocycles. The second-order valence-electron chi connectivity index (χ2n) is 7.49. The third kappa shape index (κ3) is 7.95. The van der Waals surface area contributed by atoms with Crippen LogP contribution in [0, 0.1) is 5.92 Å². The number of benzene rings is 1. The summed E-state index contributed by atoms with van der Waals surface area (Å²) in [7, 11) is 0. The van der Waals surface area contributed by atoms with Crippen LogP contribution in [0.2, 0.25) is 5.02 Å². The summed E-state index contributed by atoms with van der Waals surface area (Å²) >= 11 is 6.18. The van der Waals surface area contributed by atoms with Crippen LogP contribution in [0.1, 0.15) is 39.2 Å². The van der Waals surface area contributed by atoms with Crippen LogP contribution in [0.25, 0.3) is 0 Å². The van der Waals surface area contributed by atoms with E-state index in [2.05, 4.69) is 15.5 Å². The molecular weight excluding hydrogens is 388 g/mol. The topological polar surface area (TPSA) is 71.8 Å². The van der Waals surface area contributed by atoms with Gasteiger partial charge in [-0.3, -0.25) is 4.90 Å². The average molecular weight is 427 g/mol. The van der Waals surface area contributed by atoms with Gasteiger partial charge in [0.05, 0.1) is 30.0 Å². The monoisotopic (exact) mass is 426 g/mol. The fourth-order valence-corrected chi connectivity index (χ4v) is 4.09. The highest BCUT2D eigenvalue weighted by molar-refractivity contribution is 6.33. The van der Waals surface area contributed by atoms with E-state index in [9.17, 15) is 0 Å². The van der Waals surface area contributed by atoms with Gasteiger partial charge in [0.1, 0.15) is 5.75 Å². The molecule has 3 rings (SSSR count). The van der Waals surface area contributed by atoms with Gasteiger partial charge in [0, 0.05) is 44.4 Å². The highest BCUT2D eigenvalue weighted by Crippen LogP contribution is 2.29. The molecule has 2 heterocycles. The van der Waals surface area contributed by atoms with Gasteiger partial charge < -0.3 is 25.8 Å². The van der Waals surface area contributed by atoms with Crippen LogP contribution in [0.5, 0.6) is 5.75 Å². The number of nitrogens with two attached hydrogens (primary N) is 1. The lowest BCUT2D eigenvalue weighted by molar-refractivity contribution is -0.0328. The van der Waals surface area contributed by atoms with Gasteiger partial charge in [0.2, 0.25) is 0 Å². The van der Waals surface area contributed by atoms with Crippen molar-refractivity contribution in [2.24, 2.45) is 5.92 Å². The summed E-state index contributed by atoms with van der Waals surface area (Å²) < 4.78 is 11.7. The summed E-state index contributed by atoms with van der Waals surface area (Å²) in [4.78, 5) is 2.57. The van der Waals surface area contributed by atoms with Gasteiger partial charge >= 0.3 is 0 Å². The molecule has 2 aliphatic rings. The number of hydrogen-bond donors (Lipinski definition) is 3. The molecule has 29 heavy (non-hydrogen) atoms. The molecule has 2 fully saturated rings. The van der Waals surface area contributed by atoms with E-state index in [1.54, 1.807) is 6.07 Å². The predicted molar refractivity (Wildman–Crippen MR) is 122 cm³/mol. The van der Waals surface area contributed by atoms with Crippen LogP contribution in [0.4, 0.5) is 5.69 Å². The van der Waals surface area contributed by atoms with Crippen LogP contribution >= 0.6 is 11.6 Å². The van der Waals surface area contributed by atoms with Crippen molar-refractivity contribution in [3.63, 3.8) is 0 Å². The highest BCUT2D eigenvalue weighted by atomic mass is 35.5. The number of nitrogen functional groups attached to an aromatic ring is 1. The van der Waals surface area contributed by atoms with E-state index >= 15 is 0 Å². The Morgan fingerprint density at radius 2 is 2.07 bits per heavy atom. The van der Waals surface area contributed by atoms with Crippen LogP contribution in [0.3, 0.4) is 0 Å². The number of nitrogens with one attached hydrogen (secondary N) is 2. The number of anilines is 1. The molecule has 1 atom stereocenters. The zero-order valence-corrected chi connectivity index (χ0v) is 19.1. The highest BCUT2D eigenvalue weighted by Gasteiger charge is 2.23. The number of ether oxygens (including phenoxy) is 2. The Morgan fingerprint density at radius 3 is 2.79 bits per heavy atom. The molecule has 0 aromatic heterocycles. The van der Waals surface area contributed by atoms with E-state index in [4.69, 9.17) is 26.8 Å². The number of halogens is 1. The Kier molecular flexibility index (Phi) is 11.1.